The molecule has 0 bridgehead atoms. The lowest BCUT2D eigenvalue weighted by atomic mass is 10.1. The number of unbranched alkanes of at least 4 members (excludes halogenated alkanes) is 2. The molecule has 0 radical (unpaired) electrons. The van der Waals surface area contributed by atoms with Gasteiger partial charge >= 0.3 is 0 Å². The third-order valence-corrected chi connectivity index (χ3v) is 3.35. The summed E-state index contributed by atoms with van der Waals surface area (Å²) in [7, 11) is 1.69. The zero-order valence-electron chi connectivity index (χ0n) is 12.2. The Kier molecular flexibility index (Phi) is 8.26. The molecule has 1 unspecified atom stereocenters. The Hall–Kier alpha value is -1.06. The van der Waals surface area contributed by atoms with Gasteiger partial charge < -0.3 is 15.2 Å². The van der Waals surface area contributed by atoms with Crippen LogP contribution in [0.3, 0.4) is 0 Å². The van der Waals surface area contributed by atoms with E-state index in [9.17, 15) is 0 Å². The standard InChI is InChI=1S/C16H27NO2/c1-14(17-12-4-3-5-13-18)6-7-15-8-10-16(19-2)11-9-15/h8-11,14,17-18H,3-7,12-13H2,1-2H3. The molecule has 0 heterocycles. The van der Waals surface area contributed by atoms with Crippen LogP contribution >= 0.6 is 0 Å². The van der Waals surface area contributed by atoms with Gasteiger partial charge in [0.05, 0.1) is 7.11 Å². The number of hydrogen-bond acceptors (Lipinski definition) is 3. The number of nitrogens with one attached hydrogen (secondary N) is 1. The first kappa shape index (κ1) is 16.0. The van der Waals surface area contributed by atoms with Gasteiger partial charge in [0.15, 0.2) is 0 Å². The van der Waals surface area contributed by atoms with Gasteiger partial charge in [0.25, 0.3) is 0 Å². The molecular weight excluding hydrogens is 238 g/mol. The molecule has 1 rings (SSSR count). The molecule has 0 aliphatic rings. The average molecular weight is 265 g/mol. The quantitative estimate of drug-likeness (QED) is 0.639. The fraction of sp³-hybridized carbons (Fsp3) is 0.625. The summed E-state index contributed by atoms with van der Waals surface area (Å²) >= 11 is 0. The topological polar surface area (TPSA) is 41.5 Å². The molecule has 0 aliphatic carbocycles. The van der Waals surface area contributed by atoms with Crippen molar-refractivity contribution < 1.29 is 9.84 Å². The van der Waals surface area contributed by atoms with Crippen LogP contribution in [0.25, 0.3) is 0 Å². The van der Waals surface area contributed by atoms with Gasteiger partial charge in [0.1, 0.15) is 5.75 Å². The Bertz CT molecular complexity index is 324. The van der Waals surface area contributed by atoms with Crippen LogP contribution in [0.4, 0.5) is 0 Å². The first-order valence-corrected chi connectivity index (χ1v) is 7.23. The molecule has 3 heteroatoms. The summed E-state index contributed by atoms with van der Waals surface area (Å²) in [6, 6.07) is 8.83. The minimum atomic E-state index is 0.313. The molecule has 1 atom stereocenters. The summed E-state index contributed by atoms with van der Waals surface area (Å²) in [4.78, 5) is 0. The van der Waals surface area contributed by atoms with Crippen LogP contribution in [0.2, 0.25) is 0 Å². The molecule has 0 saturated carbocycles. The lowest BCUT2D eigenvalue weighted by Crippen LogP contribution is -2.27. The van der Waals surface area contributed by atoms with Crippen LogP contribution < -0.4 is 10.1 Å². The van der Waals surface area contributed by atoms with Crippen molar-refractivity contribution in [3.8, 4) is 5.75 Å². The van der Waals surface area contributed by atoms with Crippen molar-refractivity contribution in [3.05, 3.63) is 29.8 Å². The summed E-state index contributed by atoms with van der Waals surface area (Å²) in [5, 5.41) is 12.2. The second kappa shape index (κ2) is 9.82. The van der Waals surface area contributed by atoms with Crippen LogP contribution in [0, 0.1) is 0 Å². The van der Waals surface area contributed by atoms with Crippen molar-refractivity contribution in [2.45, 2.75) is 45.1 Å². The van der Waals surface area contributed by atoms with E-state index in [0.717, 1.165) is 44.4 Å². The van der Waals surface area contributed by atoms with E-state index in [2.05, 4.69) is 24.4 Å². The van der Waals surface area contributed by atoms with Crippen molar-refractivity contribution in [1.29, 1.82) is 0 Å². The number of aliphatic hydroxyl groups is 1. The molecule has 0 spiro atoms. The molecule has 19 heavy (non-hydrogen) atoms. The highest BCUT2D eigenvalue weighted by atomic mass is 16.5. The number of aryl methyl sites for hydroxylation is 1. The third-order valence-electron chi connectivity index (χ3n) is 3.35. The Morgan fingerprint density at radius 2 is 1.89 bits per heavy atom. The number of ether oxygens (including phenoxy) is 1. The summed E-state index contributed by atoms with van der Waals surface area (Å²) in [6.07, 6.45) is 5.41. The van der Waals surface area contributed by atoms with Gasteiger partial charge in [-0.1, -0.05) is 12.1 Å². The zero-order valence-corrected chi connectivity index (χ0v) is 12.2. The van der Waals surface area contributed by atoms with Crippen LogP contribution in [-0.2, 0) is 6.42 Å². The molecule has 2 N–H and O–H groups in total. The minimum absolute atomic E-state index is 0.313. The van der Waals surface area contributed by atoms with Crippen molar-refractivity contribution in [3.63, 3.8) is 0 Å². The van der Waals surface area contributed by atoms with E-state index in [1.165, 1.54) is 5.56 Å². The Balaban J connectivity index is 2.13. The van der Waals surface area contributed by atoms with E-state index in [1.807, 2.05) is 12.1 Å². The first-order valence-electron chi connectivity index (χ1n) is 7.23. The van der Waals surface area contributed by atoms with Gasteiger partial charge in [0.2, 0.25) is 0 Å². The normalized spacial score (nSPS) is 12.4. The predicted molar refractivity (Wildman–Crippen MR) is 79.7 cm³/mol. The van der Waals surface area contributed by atoms with Crippen LogP contribution in [-0.4, -0.2) is 31.4 Å². The molecule has 108 valence electrons. The van der Waals surface area contributed by atoms with E-state index in [1.54, 1.807) is 7.11 Å². The molecule has 0 amide bonds. The summed E-state index contributed by atoms with van der Waals surface area (Å²) in [5.74, 6) is 0.916. The lowest BCUT2D eigenvalue weighted by molar-refractivity contribution is 0.282. The van der Waals surface area contributed by atoms with E-state index in [4.69, 9.17) is 9.84 Å². The molecule has 3 nitrogen and oxygen atoms in total. The highest BCUT2D eigenvalue weighted by Gasteiger charge is 2.02. The SMILES string of the molecule is COc1ccc(CCC(C)NCCCCCO)cc1. The van der Waals surface area contributed by atoms with E-state index >= 15 is 0 Å². The highest BCUT2D eigenvalue weighted by molar-refractivity contribution is 5.27. The van der Waals surface area contributed by atoms with Crippen LogP contribution in [0.1, 0.15) is 38.2 Å². The largest absolute Gasteiger partial charge is 0.497 e. The van der Waals surface area contributed by atoms with Crippen LogP contribution in [0.15, 0.2) is 24.3 Å². The summed E-state index contributed by atoms with van der Waals surface area (Å²) in [6.45, 7) is 3.59. The zero-order chi connectivity index (χ0) is 13.9. The fourth-order valence-electron chi connectivity index (χ4n) is 2.04. The van der Waals surface area contributed by atoms with Gasteiger partial charge in [-0.2, -0.15) is 0 Å². The maximum Gasteiger partial charge on any atom is 0.118 e. The van der Waals surface area contributed by atoms with Gasteiger partial charge in [-0.05, 0) is 63.3 Å². The maximum absolute atomic E-state index is 8.69. The second-order valence-electron chi connectivity index (χ2n) is 5.03. The molecule has 1 aromatic rings. The number of methoxy groups -OCH3 is 1. The van der Waals surface area contributed by atoms with Gasteiger partial charge in [0, 0.05) is 12.6 Å². The predicted octanol–water partition coefficient (Wildman–Crippen LogP) is 2.77. The molecular formula is C16H27NO2. The van der Waals surface area contributed by atoms with Crippen molar-refractivity contribution in [1.82, 2.24) is 5.32 Å². The average Bonchev–Trinajstić information content (AvgIpc) is 2.45. The monoisotopic (exact) mass is 265 g/mol. The lowest BCUT2D eigenvalue weighted by Gasteiger charge is -2.13. The van der Waals surface area contributed by atoms with Crippen molar-refractivity contribution >= 4 is 0 Å². The van der Waals surface area contributed by atoms with Crippen molar-refractivity contribution in [2.75, 3.05) is 20.3 Å². The molecule has 0 aliphatic heterocycles. The van der Waals surface area contributed by atoms with E-state index in [-0.39, 0.29) is 0 Å². The number of hydrogen-bond donors (Lipinski definition) is 2. The Morgan fingerprint density at radius 3 is 2.53 bits per heavy atom. The first-order chi connectivity index (χ1) is 9.26. The Labute approximate surface area is 117 Å². The van der Waals surface area contributed by atoms with Crippen LogP contribution in [0.5, 0.6) is 5.75 Å². The van der Waals surface area contributed by atoms with E-state index < -0.39 is 0 Å². The number of aliphatic hydroxyl groups excluding tert-OH is 1. The highest BCUT2D eigenvalue weighted by Crippen LogP contribution is 2.13. The molecule has 0 saturated heterocycles. The van der Waals surface area contributed by atoms with Crippen molar-refractivity contribution in [2.24, 2.45) is 0 Å². The smallest absolute Gasteiger partial charge is 0.118 e. The minimum Gasteiger partial charge on any atom is -0.497 e. The summed E-state index contributed by atoms with van der Waals surface area (Å²) < 4.78 is 5.15. The Morgan fingerprint density at radius 1 is 1.16 bits per heavy atom. The van der Waals surface area contributed by atoms with Gasteiger partial charge in [-0.25, -0.2) is 0 Å². The molecule has 0 fully saturated rings. The van der Waals surface area contributed by atoms with E-state index in [0.29, 0.717) is 12.6 Å². The molecule has 1 aromatic carbocycles. The number of rotatable bonds is 10. The van der Waals surface area contributed by atoms with Gasteiger partial charge in [-0.15, -0.1) is 0 Å². The second-order valence-corrected chi connectivity index (χ2v) is 5.03. The van der Waals surface area contributed by atoms with Gasteiger partial charge in [-0.3, -0.25) is 0 Å². The maximum atomic E-state index is 8.69. The molecule has 0 aromatic heterocycles. The fourth-order valence-corrected chi connectivity index (χ4v) is 2.04. The summed E-state index contributed by atoms with van der Waals surface area (Å²) in [5.41, 5.74) is 1.36. The number of benzene rings is 1. The third kappa shape index (κ3) is 7.19.